The zero-order chi connectivity index (χ0) is 23.3. The number of rotatable bonds is 9. The SMILES string of the molecule is C=CCNCc1ccc(CN(Cc2nc3ccccc3[nH]2)C2CCCc3cccnc32)c(C)c1. The Morgan fingerprint density at radius 1 is 1.15 bits per heavy atom. The van der Waals surface area contributed by atoms with Crippen molar-refractivity contribution in [3.05, 3.63) is 107 Å². The van der Waals surface area contributed by atoms with Crippen LogP contribution in [0.4, 0.5) is 0 Å². The van der Waals surface area contributed by atoms with Gasteiger partial charge in [-0.2, -0.15) is 0 Å². The zero-order valence-electron chi connectivity index (χ0n) is 19.9. The van der Waals surface area contributed by atoms with Crippen LogP contribution in [-0.4, -0.2) is 26.4 Å². The fourth-order valence-corrected chi connectivity index (χ4v) is 5.07. The molecule has 0 amide bonds. The van der Waals surface area contributed by atoms with Crippen molar-refractivity contribution in [3.63, 3.8) is 0 Å². The van der Waals surface area contributed by atoms with Gasteiger partial charge in [0.05, 0.1) is 29.3 Å². The number of fused-ring (bicyclic) bond motifs is 2. The maximum atomic E-state index is 4.89. The van der Waals surface area contributed by atoms with Gasteiger partial charge in [-0.05, 0) is 66.6 Å². The van der Waals surface area contributed by atoms with Crippen LogP contribution in [0, 0.1) is 6.92 Å². The zero-order valence-corrected chi connectivity index (χ0v) is 19.9. The quantitative estimate of drug-likeness (QED) is 0.256. The van der Waals surface area contributed by atoms with Gasteiger partial charge in [0.15, 0.2) is 0 Å². The van der Waals surface area contributed by atoms with Crippen LogP contribution in [0.1, 0.15) is 52.7 Å². The van der Waals surface area contributed by atoms with Crippen LogP contribution >= 0.6 is 0 Å². The van der Waals surface area contributed by atoms with Crippen molar-refractivity contribution >= 4 is 11.0 Å². The van der Waals surface area contributed by atoms with Crippen LogP contribution in [0.3, 0.4) is 0 Å². The molecule has 1 unspecified atom stereocenters. The van der Waals surface area contributed by atoms with E-state index in [0.29, 0.717) is 0 Å². The molecule has 5 heteroatoms. The van der Waals surface area contributed by atoms with Crippen LogP contribution in [-0.2, 0) is 26.1 Å². The van der Waals surface area contributed by atoms with Gasteiger partial charge in [-0.25, -0.2) is 4.98 Å². The molecule has 5 rings (SSSR count). The van der Waals surface area contributed by atoms with Crippen LogP contribution < -0.4 is 5.32 Å². The van der Waals surface area contributed by atoms with Crippen LogP contribution in [0.2, 0.25) is 0 Å². The van der Waals surface area contributed by atoms with Crippen molar-refractivity contribution in [2.24, 2.45) is 0 Å². The molecular formula is C29H33N5. The standard InChI is InChI=1S/C29H33N5/c1-3-15-30-18-22-13-14-24(21(2)17-22)19-34(20-28-32-25-10-4-5-11-26(25)33-28)27-12-6-8-23-9-7-16-31-29(23)27/h3-5,7,9-11,13-14,16-17,27,30H,1,6,8,12,15,18-20H2,2H3,(H,32,33). The normalized spacial score (nSPS) is 15.5. The summed E-state index contributed by atoms with van der Waals surface area (Å²) in [5.41, 5.74) is 8.70. The van der Waals surface area contributed by atoms with Crippen molar-refractivity contribution in [1.82, 2.24) is 25.2 Å². The topological polar surface area (TPSA) is 56.8 Å². The number of para-hydroxylation sites is 2. The van der Waals surface area contributed by atoms with E-state index in [9.17, 15) is 0 Å². The Hall–Kier alpha value is -3.28. The third kappa shape index (κ3) is 4.96. The summed E-state index contributed by atoms with van der Waals surface area (Å²) in [6, 6.07) is 19.7. The van der Waals surface area contributed by atoms with E-state index in [1.807, 2.05) is 18.3 Å². The van der Waals surface area contributed by atoms with Crippen molar-refractivity contribution in [1.29, 1.82) is 0 Å². The lowest BCUT2D eigenvalue weighted by atomic mass is 9.90. The van der Waals surface area contributed by atoms with Crippen molar-refractivity contribution < 1.29 is 0 Å². The molecule has 2 heterocycles. The Balaban J connectivity index is 1.44. The maximum absolute atomic E-state index is 4.89. The highest BCUT2D eigenvalue weighted by atomic mass is 15.2. The Morgan fingerprint density at radius 2 is 2.06 bits per heavy atom. The van der Waals surface area contributed by atoms with Crippen LogP contribution in [0.15, 0.2) is 73.4 Å². The summed E-state index contributed by atoms with van der Waals surface area (Å²) < 4.78 is 0. The van der Waals surface area contributed by atoms with Gasteiger partial charge < -0.3 is 10.3 Å². The van der Waals surface area contributed by atoms with E-state index in [1.54, 1.807) is 0 Å². The lowest BCUT2D eigenvalue weighted by molar-refractivity contribution is 0.153. The molecule has 1 aliphatic rings. The van der Waals surface area contributed by atoms with Crippen LogP contribution in [0.5, 0.6) is 0 Å². The molecule has 0 saturated heterocycles. The number of aromatic amines is 1. The lowest BCUT2D eigenvalue weighted by Crippen LogP contribution is -2.32. The van der Waals surface area contributed by atoms with E-state index < -0.39 is 0 Å². The third-order valence-corrected chi connectivity index (χ3v) is 6.80. The second kappa shape index (κ2) is 10.3. The first-order valence-electron chi connectivity index (χ1n) is 12.2. The lowest BCUT2D eigenvalue weighted by Gasteiger charge is -2.35. The summed E-state index contributed by atoms with van der Waals surface area (Å²) >= 11 is 0. The van der Waals surface area contributed by atoms with E-state index in [0.717, 1.165) is 55.9 Å². The molecule has 0 fully saturated rings. The predicted octanol–water partition coefficient (Wildman–Crippen LogP) is 5.62. The number of nitrogens with zero attached hydrogens (tertiary/aromatic N) is 3. The Labute approximate surface area is 202 Å². The number of hydrogen-bond donors (Lipinski definition) is 2. The summed E-state index contributed by atoms with van der Waals surface area (Å²) in [5.74, 6) is 1.01. The van der Waals surface area contributed by atoms with Crippen molar-refractivity contribution in [3.8, 4) is 0 Å². The fourth-order valence-electron chi connectivity index (χ4n) is 5.07. The van der Waals surface area contributed by atoms with Gasteiger partial charge in [-0.15, -0.1) is 6.58 Å². The molecular weight excluding hydrogens is 418 g/mol. The molecule has 5 nitrogen and oxygen atoms in total. The average molecular weight is 452 g/mol. The van der Waals surface area contributed by atoms with E-state index >= 15 is 0 Å². The number of hydrogen-bond acceptors (Lipinski definition) is 4. The summed E-state index contributed by atoms with van der Waals surface area (Å²) in [4.78, 5) is 15.8. The molecule has 34 heavy (non-hydrogen) atoms. The van der Waals surface area contributed by atoms with Gasteiger partial charge >= 0.3 is 0 Å². The molecule has 0 spiro atoms. The van der Waals surface area contributed by atoms with Crippen molar-refractivity contribution in [2.75, 3.05) is 6.54 Å². The highest BCUT2D eigenvalue weighted by molar-refractivity contribution is 5.74. The third-order valence-electron chi connectivity index (χ3n) is 6.80. The first kappa shape index (κ1) is 22.5. The number of benzene rings is 2. The van der Waals surface area contributed by atoms with E-state index in [2.05, 4.69) is 77.2 Å². The van der Waals surface area contributed by atoms with Gasteiger partial charge in [-0.1, -0.05) is 42.5 Å². The first-order valence-corrected chi connectivity index (χ1v) is 12.2. The van der Waals surface area contributed by atoms with E-state index in [1.165, 1.54) is 34.4 Å². The molecule has 0 saturated carbocycles. The molecule has 174 valence electrons. The maximum Gasteiger partial charge on any atom is 0.121 e. The molecule has 0 bridgehead atoms. The van der Waals surface area contributed by atoms with Gasteiger partial charge in [0.1, 0.15) is 5.82 Å². The smallest absolute Gasteiger partial charge is 0.121 e. The minimum Gasteiger partial charge on any atom is -0.341 e. The van der Waals surface area contributed by atoms with Gasteiger partial charge in [0.25, 0.3) is 0 Å². The first-order chi connectivity index (χ1) is 16.7. The number of imidazole rings is 1. The molecule has 1 atom stereocenters. The van der Waals surface area contributed by atoms with Crippen LogP contribution in [0.25, 0.3) is 11.0 Å². The number of nitrogens with one attached hydrogen (secondary N) is 2. The Morgan fingerprint density at radius 3 is 2.91 bits per heavy atom. The monoisotopic (exact) mass is 451 g/mol. The van der Waals surface area contributed by atoms with Gasteiger partial charge in [0, 0.05) is 25.8 Å². The van der Waals surface area contributed by atoms with E-state index in [-0.39, 0.29) is 6.04 Å². The minimum absolute atomic E-state index is 0.284. The number of pyridine rings is 1. The second-order valence-electron chi connectivity index (χ2n) is 9.24. The molecule has 2 N–H and O–H groups in total. The van der Waals surface area contributed by atoms with Gasteiger partial charge in [-0.3, -0.25) is 9.88 Å². The molecule has 0 radical (unpaired) electrons. The summed E-state index contributed by atoms with van der Waals surface area (Å²) in [5, 5.41) is 3.40. The molecule has 2 aromatic carbocycles. The van der Waals surface area contributed by atoms with Crippen molar-refractivity contribution in [2.45, 2.75) is 51.9 Å². The average Bonchev–Trinajstić information content (AvgIpc) is 3.27. The minimum atomic E-state index is 0.284. The summed E-state index contributed by atoms with van der Waals surface area (Å²) in [6.45, 7) is 9.31. The van der Waals surface area contributed by atoms with E-state index in [4.69, 9.17) is 9.97 Å². The molecule has 0 aliphatic heterocycles. The highest BCUT2D eigenvalue weighted by Crippen LogP contribution is 2.35. The summed E-state index contributed by atoms with van der Waals surface area (Å²) in [6.07, 6.45) is 7.25. The summed E-state index contributed by atoms with van der Waals surface area (Å²) in [7, 11) is 0. The second-order valence-corrected chi connectivity index (χ2v) is 9.24. The highest BCUT2D eigenvalue weighted by Gasteiger charge is 2.28. The Bertz CT molecular complexity index is 1240. The number of aryl methyl sites for hydroxylation is 2. The number of H-pyrrole nitrogens is 1. The van der Waals surface area contributed by atoms with Gasteiger partial charge in [0.2, 0.25) is 0 Å². The predicted molar refractivity (Wildman–Crippen MR) is 138 cm³/mol. The fraction of sp³-hybridized carbons (Fsp3) is 0.310. The molecule has 1 aliphatic carbocycles. The largest absolute Gasteiger partial charge is 0.341 e. The number of aromatic nitrogens is 3. The molecule has 2 aromatic heterocycles. The Kier molecular flexibility index (Phi) is 6.84. The molecule has 4 aromatic rings.